The summed E-state index contributed by atoms with van der Waals surface area (Å²) in [6.07, 6.45) is 3.44. The van der Waals surface area contributed by atoms with Gasteiger partial charge in [0, 0.05) is 19.3 Å². The maximum Gasteiger partial charge on any atom is 0.264 e. The first-order valence-electron chi connectivity index (χ1n) is 6.96. The van der Waals surface area contributed by atoms with Crippen LogP contribution in [-0.2, 0) is 28.6 Å². The van der Waals surface area contributed by atoms with Crippen LogP contribution in [0.3, 0.4) is 0 Å². The van der Waals surface area contributed by atoms with E-state index < -0.39 is 31.4 Å². The monoisotopic (exact) mass is 360 g/mol. The summed E-state index contributed by atoms with van der Waals surface area (Å²) >= 11 is 0. The molecule has 0 bridgehead atoms. The molecule has 1 fully saturated rings. The lowest BCUT2D eigenvalue weighted by Gasteiger charge is -2.42. The first kappa shape index (κ1) is 19.8. The number of rotatable bonds is 8. The van der Waals surface area contributed by atoms with Gasteiger partial charge in [0.25, 0.3) is 20.2 Å². The van der Waals surface area contributed by atoms with E-state index in [4.69, 9.17) is 0 Å². The summed E-state index contributed by atoms with van der Waals surface area (Å²) in [7, 11) is -7.14. The lowest BCUT2D eigenvalue weighted by Crippen LogP contribution is -2.47. The lowest BCUT2D eigenvalue weighted by molar-refractivity contribution is -0.113. The van der Waals surface area contributed by atoms with Crippen LogP contribution >= 0.6 is 0 Å². The summed E-state index contributed by atoms with van der Waals surface area (Å²) in [6.45, 7) is -0.323. The SMILES string of the molecule is CS(=O)(=O)OCC[C@]1(O)CCC[C@](O)(CCOS(C)(=O)=O)C1. The van der Waals surface area contributed by atoms with Crippen LogP contribution in [0.15, 0.2) is 0 Å². The highest BCUT2D eigenvalue weighted by Gasteiger charge is 2.42. The average molecular weight is 360 g/mol. The minimum atomic E-state index is -3.57. The van der Waals surface area contributed by atoms with Crippen molar-refractivity contribution in [3.05, 3.63) is 0 Å². The molecule has 0 unspecified atom stereocenters. The largest absolute Gasteiger partial charge is 0.390 e. The molecule has 0 aromatic rings. The molecule has 0 aliphatic heterocycles. The van der Waals surface area contributed by atoms with Gasteiger partial charge in [-0.05, 0) is 19.3 Å². The average Bonchev–Trinajstić information content (AvgIpc) is 2.23. The van der Waals surface area contributed by atoms with Crippen molar-refractivity contribution in [2.24, 2.45) is 0 Å². The molecule has 0 heterocycles. The number of hydrogen-bond donors (Lipinski definition) is 2. The highest BCUT2D eigenvalue weighted by molar-refractivity contribution is 7.86. The minimum Gasteiger partial charge on any atom is -0.390 e. The summed E-state index contributed by atoms with van der Waals surface area (Å²) in [5, 5.41) is 20.9. The lowest BCUT2D eigenvalue weighted by atomic mass is 9.72. The summed E-state index contributed by atoms with van der Waals surface area (Å²) in [5.74, 6) is 0. The first-order valence-corrected chi connectivity index (χ1v) is 10.6. The van der Waals surface area contributed by atoms with Gasteiger partial charge in [-0.3, -0.25) is 8.37 Å². The third-order valence-corrected chi connectivity index (χ3v) is 4.86. The molecule has 10 heteroatoms. The molecule has 0 saturated heterocycles. The van der Waals surface area contributed by atoms with E-state index in [1.165, 1.54) is 0 Å². The van der Waals surface area contributed by atoms with Crippen LogP contribution < -0.4 is 0 Å². The Morgan fingerprint density at radius 1 is 0.864 bits per heavy atom. The zero-order valence-electron chi connectivity index (χ0n) is 12.8. The molecule has 2 N–H and O–H groups in total. The second-order valence-electron chi connectivity index (χ2n) is 6.03. The molecule has 132 valence electrons. The highest BCUT2D eigenvalue weighted by Crippen LogP contribution is 2.39. The molecular weight excluding hydrogens is 336 g/mol. The Labute approximate surface area is 131 Å². The van der Waals surface area contributed by atoms with Crippen LogP contribution in [0.5, 0.6) is 0 Å². The van der Waals surface area contributed by atoms with Crippen LogP contribution in [0, 0.1) is 0 Å². The Bertz CT molecular complexity index is 520. The third-order valence-electron chi connectivity index (χ3n) is 3.67. The van der Waals surface area contributed by atoms with Crippen molar-refractivity contribution >= 4 is 20.2 Å². The Morgan fingerprint density at radius 2 is 1.23 bits per heavy atom. The fourth-order valence-corrected chi connectivity index (χ4v) is 3.50. The normalized spacial score (nSPS) is 30.4. The van der Waals surface area contributed by atoms with Gasteiger partial charge in [0.15, 0.2) is 0 Å². The van der Waals surface area contributed by atoms with Crippen molar-refractivity contribution in [3.63, 3.8) is 0 Å². The molecule has 1 rings (SSSR count). The smallest absolute Gasteiger partial charge is 0.264 e. The molecular formula is C12H24O8S2. The van der Waals surface area contributed by atoms with Crippen LogP contribution in [0.1, 0.15) is 38.5 Å². The fourth-order valence-electron chi connectivity index (χ4n) is 2.73. The fraction of sp³-hybridized carbons (Fsp3) is 1.00. The van der Waals surface area contributed by atoms with E-state index in [-0.39, 0.29) is 32.5 Å². The van der Waals surface area contributed by atoms with Gasteiger partial charge in [-0.1, -0.05) is 0 Å². The predicted octanol–water partition coefficient (Wildman–Crippen LogP) is -0.245. The second-order valence-corrected chi connectivity index (χ2v) is 9.32. The Hall–Kier alpha value is -0.260. The van der Waals surface area contributed by atoms with Crippen LogP contribution in [-0.4, -0.2) is 64.0 Å². The molecule has 1 saturated carbocycles. The number of hydrogen-bond acceptors (Lipinski definition) is 8. The van der Waals surface area contributed by atoms with Gasteiger partial charge >= 0.3 is 0 Å². The van der Waals surface area contributed by atoms with Crippen LogP contribution in [0.4, 0.5) is 0 Å². The predicted molar refractivity (Wildman–Crippen MR) is 79.2 cm³/mol. The molecule has 0 aromatic carbocycles. The Morgan fingerprint density at radius 3 is 1.55 bits per heavy atom. The van der Waals surface area contributed by atoms with Gasteiger partial charge in [-0.15, -0.1) is 0 Å². The van der Waals surface area contributed by atoms with Crippen LogP contribution in [0.2, 0.25) is 0 Å². The standard InChI is InChI=1S/C12H24O8S2/c1-21(15,16)19-8-6-11(13)4-3-5-12(14,10-11)7-9-20-22(2,17)18/h13-14H,3-10H2,1-2H3/t11-,12+. The molecule has 0 aromatic heterocycles. The highest BCUT2D eigenvalue weighted by atomic mass is 32.2. The molecule has 8 nitrogen and oxygen atoms in total. The van der Waals surface area contributed by atoms with E-state index in [0.29, 0.717) is 19.3 Å². The third kappa shape index (κ3) is 7.84. The summed E-state index contributed by atoms with van der Waals surface area (Å²) in [6, 6.07) is 0. The van der Waals surface area contributed by atoms with Gasteiger partial charge in [-0.2, -0.15) is 16.8 Å². The van der Waals surface area contributed by atoms with Crippen molar-refractivity contribution < 1.29 is 35.4 Å². The van der Waals surface area contributed by atoms with E-state index in [0.717, 1.165) is 12.5 Å². The molecule has 0 amide bonds. The van der Waals surface area contributed by atoms with Gasteiger partial charge < -0.3 is 10.2 Å². The van der Waals surface area contributed by atoms with Gasteiger partial charge in [-0.25, -0.2) is 0 Å². The summed E-state index contributed by atoms with van der Waals surface area (Å²) in [4.78, 5) is 0. The van der Waals surface area contributed by atoms with Crippen molar-refractivity contribution in [3.8, 4) is 0 Å². The molecule has 0 spiro atoms. The maximum atomic E-state index is 10.9. The summed E-state index contributed by atoms with van der Waals surface area (Å²) < 4.78 is 52.9. The van der Waals surface area contributed by atoms with Crippen molar-refractivity contribution in [2.45, 2.75) is 49.7 Å². The van der Waals surface area contributed by atoms with Crippen molar-refractivity contribution in [1.29, 1.82) is 0 Å². The number of aliphatic hydroxyl groups is 2. The van der Waals surface area contributed by atoms with E-state index in [9.17, 15) is 27.0 Å². The van der Waals surface area contributed by atoms with Crippen molar-refractivity contribution in [1.82, 2.24) is 0 Å². The zero-order valence-corrected chi connectivity index (χ0v) is 14.5. The second kappa shape index (κ2) is 7.10. The molecule has 2 atom stereocenters. The topological polar surface area (TPSA) is 127 Å². The quantitative estimate of drug-likeness (QED) is 0.568. The first-order chi connectivity index (χ1) is 9.83. The van der Waals surface area contributed by atoms with Crippen LogP contribution in [0.25, 0.3) is 0 Å². The molecule has 22 heavy (non-hydrogen) atoms. The zero-order chi connectivity index (χ0) is 17.1. The van der Waals surface area contributed by atoms with Crippen molar-refractivity contribution in [2.75, 3.05) is 25.7 Å². The van der Waals surface area contributed by atoms with Gasteiger partial charge in [0.05, 0.1) is 36.9 Å². The van der Waals surface area contributed by atoms with Gasteiger partial charge in [0.2, 0.25) is 0 Å². The molecule has 1 aliphatic carbocycles. The Balaban J connectivity index is 2.54. The molecule has 0 radical (unpaired) electrons. The summed E-state index contributed by atoms with van der Waals surface area (Å²) in [5.41, 5.74) is -2.47. The maximum absolute atomic E-state index is 10.9. The Kier molecular flexibility index (Phi) is 6.38. The van der Waals surface area contributed by atoms with E-state index in [1.807, 2.05) is 0 Å². The van der Waals surface area contributed by atoms with E-state index in [2.05, 4.69) is 8.37 Å². The minimum absolute atomic E-state index is 0.0280. The van der Waals surface area contributed by atoms with E-state index in [1.54, 1.807) is 0 Å². The molecule has 1 aliphatic rings. The van der Waals surface area contributed by atoms with E-state index >= 15 is 0 Å². The van der Waals surface area contributed by atoms with Gasteiger partial charge in [0.1, 0.15) is 0 Å².